The van der Waals surface area contributed by atoms with Crippen LogP contribution in [0.25, 0.3) is 0 Å². The molecule has 0 heterocycles. The van der Waals surface area contributed by atoms with E-state index in [0.29, 0.717) is 5.69 Å². The number of sulfone groups is 1. The van der Waals surface area contributed by atoms with Crippen LogP contribution in [0.4, 0.5) is 14.5 Å². The van der Waals surface area contributed by atoms with E-state index in [-0.39, 0.29) is 12.0 Å². The summed E-state index contributed by atoms with van der Waals surface area (Å²) in [7, 11) is -2.97. The van der Waals surface area contributed by atoms with Gasteiger partial charge in [-0.15, -0.1) is 0 Å². The van der Waals surface area contributed by atoms with Crippen LogP contribution < -0.4 is 10.1 Å². The molecule has 2 rings (SSSR count). The number of hydrogen-bond donors (Lipinski definition) is 1. The normalized spacial score (nSPS) is 13.1. The minimum Gasteiger partial charge on any atom is -0.497 e. The highest BCUT2D eigenvalue weighted by molar-refractivity contribution is 7.91. The molecule has 1 N–H and O–H groups in total. The van der Waals surface area contributed by atoms with Crippen molar-refractivity contribution in [2.75, 3.05) is 12.4 Å². The molecule has 0 aliphatic rings. The van der Waals surface area contributed by atoms with E-state index in [2.05, 4.69) is 19.2 Å². The first-order valence-electron chi connectivity index (χ1n) is 7.78. The van der Waals surface area contributed by atoms with Gasteiger partial charge in [0.25, 0.3) is 0 Å². The minimum atomic E-state index is -4.57. The van der Waals surface area contributed by atoms with Gasteiger partial charge in [0.1, 0.15) is 5.75 Å². The fourth-order valence-corrected chi connectivity index (χ4v) is 3.19. The lowest BCUT2D eigenvalue weighted by atomic mass is 9.95. The second-order valence-corrected chi connectivity index (χ2v) is 7.89. The highest BCUT2D eigenvalue weighted by Gasteiger charge is 2.26. The molecule has 7 heteroatoms. The average molecular weight is 369 g/mol. The number of rotatable bonds is 7. The maximum absolute atomic E-state index is 12.6. The number of anilines is 1. The predicted octanol–water partition coefficient (Wildman–Crippen LogP) is 4.50. The number of ether oxygens (including phenoxy) is 1. The van der Waals surface area contributed by atoms with Crippen LogP contribution in [-0.4, -0.2) is 21.3 Å². The van der Waals surface area contributed by atoms with Crippen molar-refractivity contribution in [3.8, 4) is 5.75 Å². The average Bonchev–Trinajstić information content (AvgIpc) is 2.60. The molecule has 2 aromatic rings. The van der Waals surface area contributed by atoms with Crippen molar-refractivity contribution in [1.29, 1.82) is 0 Å². The van der Waals surface area contributed by atoms with Crippen molar-refractivity contribution in [1.82, 2.24) is 0 Å². The maximum Gasteiger partial charge on any atom is 0.341 e. The van der Waals surface area contributed by atoms with Gasteiger partial charge in [-0.05, 0) is 47.9 Å². The van der Waals surface area contributed by atoms with Crippen molar-refractivity contribution in [3.63, 3.8) is 0 Å². The Labute approximate surface area is 146 Å². The molecule has 0 radical (unpaired) electrons. The molecule has 0 fully saturated rings. The Balaban J connectivity index is 2.22. The van der Waals surface area contributed by atoms with Crippen LogP contribution in [0.15, 0.2) is 53.4 Å². The summed E-state index contributed by atoms with van der Waals surface area (Å²) in [6.45, 7) is 4.11. The van der Waals surface area contributed by atoms with Crippen molar-refractivity contribution < 1.29 is 21.9 Å². The lowest BCUT2D eigenvalue weighted by Crippen LogP contribution is -2.17. The predicted molar refractivity (Wildman–Crippen MR) is 93.8 cm³/mol. The third-order valence-electron chi connectivity index (χ3n) is 3.88. The van der Waals surface area contributed by atoms with E-state index in [9.17, 15) is 17.2 Å². The number of hydrogen-bond acceptors (Lipinski definition) is 4. The van der Waals surface area contributed by atoms with Gasteiger partial charge in [-0.3, -0.25) is 0 Å². The smallest absolute Gasteiger partial charge is 0.341 e. The van der Waals surface area contributed by atoms with Crippen LogP contribution in [0.2, 0.25) is 0 Å². The standard InChI is InChI=1S/C18H21F2NO3S/c1-12(2)17(13-4-8-15(24-3)9-5-13)21-14-6-10-16(11-7-14)25(22,23)18(19)20/h4-12,17-18,21H,1-3H3. The summed E-state index contributed by atoms with van der Waals surface area (Å²) in [5, 5.41) is 3.32. The van der Waals surface area contributed by atoms with Gasteiger partial charge in [-0.2, -0.15) is 8.78 Å². The van der Waals surface area contributed by atoms with Gasteiger partial charge in [0, 0.05) is 5.69 Å². The van der Waals surface area contributed by atoms with Crippen LogP contribution in [0.3, 0.4) is 0 Å². The summed E-state index contributed by atoms with van der Waals surface area (Å²) >= 11 is 0. The molecule has 25 heavy (non-hydrogen) atoms. The van der Waals surface area contributed by atoms with E-state index in [1.165, 1.54) is 24.3 Å². The maximum atomic E-state index is 12.6. The van der Waals surface area contributed by atoms with Crippen LogP contribution in [0.5, 0.6) is 5.75 Å². The number of methoxy groups -OCH3 is 1. The molecule has 0 spiro atoms. The molecule has 2 aromatic carbocycles. The SMILES string of the molecule is COc1ccc(C(Nc2ccc(S(=O)(=O)C(F)F)cc2)C(C)C)cc1. The summed E-state index contributed by atoms with van der Waals surface area (Å²) in [6, 6.07) is 13.0. The molecule has 1 unspecified atom stereocenters. The topological polar surface area (TPSA) is 55.4 Å². The zero-order valence-corrected chi connectivity index (χ0v) is 15.1. The van der Waals surface area contributed by atoms with Gasteiger partial charge in [-0.25, -0.2) is 8.42 Å². The van der Waals surface area contributed by atoms with Crippen LogP contribution in [0.1, 0.15) is 25.5 Å². The Morgan fingerprint density at radius 2 is 1.52 bits per heavy atom. The molecule has 0 aromatic heterocycles. The van der Waals surface area contributed by atoms with Crippen molar-refractivity contribution in [2.45, 2.75) is 30.5 Å². The molecule has 1 atom stereocenters. The molecule has 0 aliphatic heterocycles. The molecular formula is C18H21F2NO3S. The van der Waals surface area contributed by atoms with E-state index >= 15 is 0 Å². The first kappa shape index (κ1) is 19.2. The molecule has 4 nitrogen and oxygen atoms in total. The summed E-state index contributed by atoms with van der Waals surface area (Å²) in [6.07, 6.45) is 0. The summed E-state index contributed by atoms with van der Waals surface area (Å²) in [5.74, 6) is -2.42. The van der Waals surface area contributed by atoms with Crippen LogP contribution in [-0.2, 0) is 9.84 Å². The summed E-state index contributed by atoms with van der Waals surface area (Å²) in [4.78, 5) is -0.390. The van der Waals surface area contributed by atoms with Gasteiger partial charge in [-0.1, -0.05) is 26.0 Å². The van der Waals surface area contributed by atoms with E-state index < -0.39 is 20.5 Å². The lowest BCUT2D eigenvalue weighted by Gasteiger charge is -2.24. The molecule has 0 saturated carbocycles. The molecule has 0 saturated heterocycles. The van der Waals surface area contributed by atoms with Gasteiger partial charge in [0.2, 0.25) is 9.84 Å². The monoisotopic (exact) mass is 369 g/mol. The fraction of sp³-hybridized carbons (Fsp3) is 0.333. The van der Waals surface area contributed by atoms with E-state index in [0.717, 1.165) is 11.3 Å². The van der Waals surface area contributed by atoms with Gasteiger partial charge >= 0.3 is 5.76 Å². The molecule has 0 amide bonds. The largest absolute Gasteiger partial charge is 0.497 e. The zero-order valence-electron chi connectivity index (χ0n) is 14.2. The quantitative estimate of drug-likeness (QED) is 0.781. The van der Waals surface area contributed by atoms with E-state index in [1.807, 2.05) is 24.3 Å². The van der Waals surface area contributed by atoms with Crippen LogP contribution in [0, 0.1) is 5.92 Å². The highest BCUT2D eigenvalue weighted by Crippen LogP contribution is 2.29. The number of halogens is 2. The number of benzene rings is 2. The second kappa shape index (κ2) is 7.82. The third-order valence-corrected chi connectivity index (χ3v) is 5.28. The Bertz CT molecular complexity index is 788. The minimum absolute atomic E-state index is 0.0246. The Hall–Kier alpha value is -2.15. The second-order valence-electron chi connectivity index (χ2n) is 5.97. The van der Waals surface area contributed by atoms with Crippen molar-refractivity contribution >= 4 is 15.5 Å². The van der Waals surface area contributed by atoms with Gasteiger partial charge in [0.15, 0.2) is 0 Å². The Morgan fingerprint density at radius 3 is 1.96 bits per heavy atom. The lowest BCUT2D eigenvalue weighted by molar-refractivity contribution is 0.234. The van der Waals surface area contributed by atoms with Crippen molar-refractivity contribution in [2.24, 2.45) is 5.92 Å². The molecule has 0 aliphatic carbocycles. The van der Waals surface area contributed by atoms with E-state index in [1.54, 1.807) is 7.11 Å². The first-order valence-corrected chi connectivity index (χ1v) is 9.33. The molecule has 0 bridgehead atoms. The van der Waals surface area contributed by atoms with Gasteiger partial charge < -0.3 is 10.1 Å². The molecule has 136 valence electrons. The van der Waals surface area contributed by atoms with Gasteiger partial charge in [0.05, 0.1) is 18.0 Å². The van der Waals surface area contributed by atoms with E-state index in [4.69, 9.17) is 4.74 Å². The summed E-state index contributed by atoms with van der Waals surface area (Å²) in [5.41, 5.74) is 1.70. The first-order chi connectivity index (χ1) is 11.8. The van der Waals surface area contributed by atoms with Crippen molar-refractivity contribution in [3.05, 3.63) is 54.1 Å². The third kappa shape index (κ3) is 4.48. The highest BCUT2D eigenvalue weighted by atomic mass is 32.2. The number of nitrogens with one attached hydrogen (secondary N) is 1. The number of alkyl halides is 2. The molecular weight excluding hydrogens is 348 g/mol. The fourth-order valence-electron chi connectivity index (χ4n) is 2.47. The summed E-state index contributed by atoms with van der Waals surface area (Å²) < 4.78 is 53.3. The Morgan fingerprint density at radius 1 is 0.960 bits per heavy atom. The Kier molecular flexibility index (Phi) is 6.00. The van der Waals surface area contributed by atoms with Crippen LogP contribution >= 0.6 is 0 Å². The zero-order chi connectivity index (χ0) is 18.6.